The van der Waals surface area contributed by atoms with Crippen molar-refractivity contribution in [1.82, 2.24) is 14.3 Å². The lowest BCUT2D eigenvalue weighted by atomic mass is 10.1. The number of carbonyl (C=O) groups is 1. The van der Waals surface area contributed by atoms with Gasteiger partial charge in [0.15, 0.2) is 10.5 Å². The maximum Gasteiger partial charge on any atom is 0.300 e. The zero-order chi connectivity index (χ0) is 16.7. The molecule has 3 rings (SSSR count). The molecule has 0 saturated heterocycles. The van der Waals surface area contributed by atoms with Gasteiger partial charge < -0.3 is 4.57 Å². The van der Waals surface area contributed by atoms with Crippen LogP contribution in [0.3, 0.4) is 0 Å². The van der Waals surface area contributed by atoms with E-state index in [1.165, 1.54) is 11.1 Å². The summed E-state index contributed by atoms with van der Waals surface area (Å²) in [5, 5.41) is 4.21. The van der Waals surface area contributed by atoms with Crippen LogP contribution in [0.4, 0.5) is 0 Å². The zero-order valence-corrected chi connectivity index (χ0v) is 14.9. The van der Waals surface area contributed by atoms with Gasteiger partial charge in [-0.15, -0.1) is 0 Å². The summed E-state index contributed by atoms with van der Waals surface area (Å²) in [6, 6.07) is 6.10. The van der Waals surface area contributed by atoms with Gasteiger partial charge in [-0.1, -0.05) is 11.3 Å². The Labute approximate surface area is 138 Å². The van der Waals surface area contributed by atoms with E-state index in [2.05, 4.69) is 47.6 Å². The number of nitrogens with zero attached hydrogens (tertiary/aromatic N) is 4. The van der Waals surface area contributed by atoms with Crippen molar-refractivity contribution in [3.8, 4) is 0 Å². The van der Waals surface area contributed by atoms with Crippen molar-refractivity contribution < 1.29 is 4.79 Å². The summed E-state index contributed by atoms with van der Waals surface area (Å²) in [7, 11) is 1.82. The average molecular weight is 328 g/mol. The van der Waals surface area contributed by atoms with E-state index in [-0.39, 0.29) is 5.91 Å². The molecule has 0 aliphatic carbocycles. The molecule has 2 heterocycles. The molecule has 0 atom stereocenters. The van der Waals surface area contributed by atoms with E-state index < -0.39 is 0 Å². The van der Waals surface area contributed by atoms with E-state index in [0.717, 1.165) is 27.3 Å². The number of rotatable bonds is 2. The van der Waals surface area contributed by atoms with E-state index in [1.807, 2.05) is 14.0 Å². The van der Waals surface area contributed by atoms with Crippen LogP contribution in [0.15, 0.2) is 23.2 Å². The summed E-state index contributed by atoms with van der Waals surface area (Å²) in [6.07, 6.45) is 0. The minimum atomic E-state index is -0.295. The number of aromatic nitrogens is 3. The highest BCUT2D eigenvalue weighted by Gasteiger charge is 2.12. The van der Waals surface area contributed by atoms with Crippen LogP contribution in [0.1, 0.15) is 34.2 Å². The monoisotopic (exact) mass is 328 g/mol. The Morgan fingerprint density at radius 2 is 1.91 bits per heavy atom. The predicted octanol–water partition coefficient (Wildman–Crippen LogP) is 3.12. The van der Waals surface area contributed by atoms with Crippen LogP contribution in [0.25, 0.3) is 10.2 Å². The van der Waals surface area contributed by atoms with E-state index in [0.29, 0.717) is 5.69 Å². The fourth-order valence-electron chi connectivity index (χ4n) is 2.52. The first-order valence-corrected chi connectivity index (χ1v) is 8.42. The SMILES string of the molecule is CCn1c(=NC(=O)c2cc(C)n(C)n2)sc2cc(C)c(C)cc21. The molecule has 0 saturated carbocycles. The lowest BCUT2D eigenvalue weighted by Gasteiger charge is -2.03. The second-order valence-electron chi connectivity index (χ2n) is 5.74. The quantitative estimate of drug-likeness (QED) is 0.726. The minimum Gasteiger partial charge on any atom is -0.317 e. The number of aryl methyl sites for hydroxylation is 5. The van der Waals surface area contributed by atoms with Crippen LogP contribution < -0.4 is 4.80 Å². The van der Waals surface area contributed by atoms with Crippen molar-refractivity contribution >= 4 is 27.5 Å². The molecule has 1 amide bonds. The molecule has 0 aliphatic heterocycles. The molecule has 0 spiro atoms. The molecule has 0 unspecified atom stereocenters. The summed E-state index contributed by atoms with van der Waals surface area (Å²) in [5.41, 5.74) is 4.95. The molecular weight excluding hydrogens is 308 g/mol. The predicted molar refractivity (Wildman–Crippen MR) is 92.8 cm³/mol. The van der Waals surface area contributed by atoms with Crippen LogP contribution in [0.2, 0.25) is 0 Å². The highest BCUT2D eigenvalue weighted by atomic mass is 32.1. The van der Waals surface area contributed by atoms with Gasteiger partial charge in [-0.2, -0.15) is 10.1 Å². The number of thiazole rings is 1. The van der Waals surface area contributed by atoms with Gasteiger partial charge in [-0.05, 0) is 57.0 Å². The second-order valence-corrected chi connectivity index (χ2v) is 6.75. The summed E-state index contributed by atoms with van der Waals surface area (Å²) < 4.78 is 4.92. The van der Waals surface area contributed by atoms with Crippen molar-refractivity contribution in [2.24, 2.45) is 12.0 Å². The largest absolute Gasteiger partial charge is 0.317 e. The molecule has 0 fully saturated rings. The summed E-state index contributed by atoms with van der Waals surface area (Å²) in [5.74, 6) is -0.295. The van der Waals surface area contributed by atoms with Gasteiger partial charge in [-0.3, -0.25) is 9.48 Å². The topological polar surface area (TPSA) is 52.2 Å². The van der Waals surface area contributed by atoms with Crippen molar-refractivity contribution in [3.63, 3.8) is 0 Å². The summed E-state index contributed by atoms with van der Waals surface area (Å²) in [6.45, 7) is 8.96. The highest BCUT2D eigenvalue weighted by molar-refractivity contribution is 7.16. The van der Waals surface area contributed by atoms with Gasteiger partial charge in [0.1, 0.15) is 0 Å². The number of carbonyl (C=O) groups excluding carboxylic acids is 1. The van der Waals surface area contributed by atoms with Crippen molar-refractivity contribution in [2.75, 3.05) is 0 Å². The lowest BCUT2D eigenvalue weighted by Crippen LogP contribution is -2.16. The number of amides is 1. The Bertz CT molecular complexity index is 955. The molecule has 5 nitrogen and oxygen atoms in total. The first-order valence-electron chi connectivity index (χ1n) is 7.61. The molecule has 0 radical (unpaired) electrons. The van der Waals surface area contributed by atoms with Gasteiger partial charge in [0.05, 0.1) is 10.2 Å². The Hall–Kier alpha value is -2.21. The van der Waals surface area contributed by atoms with E-state index in [4.69, 9.17) is 0 Å². The van der Waals surface area contributed by atoms with Gasteiger partial charge in [0, 0.05) is 19.3 Å². The maximum absolute atomic E-state index is 12.4. The Morgan fingerprint density at radius 1 is 1.22 bits per heavy atom. The van der Waals surface area contributed by atoms with Crippen LogP contribution in [-0.2, 0) is 13.6 Å². The lowest BCUT2D eigenvalue weighted by molar-refractivity contribution is 0.0992. The Balaban J connectivity index is 2.16. The number of hydrogen-bond acceptors (Lipinski definition) is 3. The van der Waals surface area contributed by atoms with Crippen LogP contribution in [0, 0.1) is 20.8 Å². The summed E-state index contributed by atoms with van der Waals surface area (Å²) >= 11 is 1.55. The molecule has 2 aromatic heterocycles. The molecule has 1 aromatic carbocycles. The van der Waals surface area contributed by atoms with Crippen molar-refractivity contribution in [1.29, 1.82) is 0 Å². The Kier molecular flexibility index (Phi) is 3.93. The van der Waals surface area contributed by atoms with Gasteiger partial charge >= 0.3 is 0 Å². The normalized spacial score (nSPS) is 12.3. The first-order chi connectivity index (χ1) is 10.9. The fraction of sp³-hybridized carbons (Fsp3) is 0.353. The Morgan fingerprint density at radius 3 is 2.52 bits per heavy atom. The van der Waals surface area contributed by atoms with E-state index in [9.17, 15) is 4.79 Å². The average Bonchev–Trinajstić information content (AvgIpc) is 3.00. The third-order valence-corrected chi connectivity index (χ3v) is 5.19. The molecular formula is C17H20N4OS. The highest BCUT2D eigenvalue weighted by Crippen LogP contribution is 2.22. The van der Waals surface area contributed by atoms with Gasteiger partial charge in [-0.25, -0.2) is 0 Å². The van der Waals surface area contributed by atoms with E-state index in [1.54, 1.807) is 22.1 Å². The van der Waals surface area contributed by atoms with Crippen LogP contribution >= 0.6 is 11.3 Å². The first kappa shape index (κ1) is 15.7. The molecule has 6 heteroatoms. The zero-order valence-electron chi connectivity index (χ0n) is 14.0. The summed E-state index contributed by atoms with van der Waals surface area (Å²) in [4.78, 5) is 17.5. The number of hydrogen-bond donors (Lipinski definition) is 0. The molecule has 0 aliphatic rings. The fourth-order valence-corrected chi connectivity index (χ4v) is 3.69. The van der Waals surface area contributed by atoms with Crippen LogP contribution in [-0.4, -0.2) is 20.3 Å². The minimum absolute atomic E-state index is 0.295. The smallest absolute Gasteiger partial charge is 0.300 e. The molecule has 23 heavy (non-hydrogen) atoms. The standard InChI is InChI=1S/C17H20N4OS/c1-6-21-14-7-10(2)11(3)8-15(14)23-17(21)18-16(22)13-9-12(4)20(5)19-13/h7-9H,6H2,1-5H3. The molecule has 3 aromatic rings. The third-order valence-electron chi connectivity index (χ3n) is 4.14. The third kappa shape index (κ3) is 2.74. The number of benzene rings is 1. The molecule has 0 bridgehead atoms. The molecule has 0 N–H and O–H groups in total. The van der Waals surface area contributed by atoms with Crippen molar-refractivity contribution in [2.45, 2.75) is 34.2 Å². The second kappa shape index (κ2) is 5.77. The van der Waals surface area contributed by atoms with Gasteiger partial charge in [0.2, 0.25) is 0 Å². The van der Waals surface area contributed by atoms with Crippen LogP contribution in [0.5, 0.6) is 0 Å². The number of fused-ring (bicyclic) bond motifs is 1. The maximum atomic E-state index is 12.4. The van der Waals surface area contributed by atoms with Crippen molar-refractivity contribution in [3.05, 3.63) is 45.5 Å². The molecule has 120 valence electrons. The van der Waals surface area contributed by atoms with E-state index >= 15 is 0 Å². The van der Waals surface area contributed by atoms with Gasteiger partial charge in [0.25, 0.3) is 5.91 Å².